The Balaban J connectivity index is 2.46. The van der Waals surface area contributed by atoms with Crippen molar-refractivity contribution in [2.24, 2.45) is 0 Å². The molecule has 0 saturated carbocycles. The summed E-state index contributed by atoms with van der Waals surface area (Å²) in [5.74, 6) is 1.60. The van der Waals surface area contributed by atoms with Crippen LogP contribution in [0.1, 0.15) is 45.4 Å². The smallest absolute Gasteiger partial charge is 0.111 e. The first-order valence-electron chi connectivity index (χ1n) is 5.30. The molecule has 1 aromatic heterocycles. The maximum absolute atomic E-state index is 9.13. The standard InChI is InChI=1S/C11H20N2O/c1-9(2)11-12-6-8-13(11)7-4-5-10(3)14/h6,8-10,14H,4-5,7H2,1-3H3. The second kappa shape index (κ2) is 5.15. The number of hydrogen-bond acceptors (Lipinski definition) is 2. The third kappa shape index (κ3) is 3.14. The van der Waals surface area contributed by atoms with Gasteiger partial charge in [-0.15, -0.1) is 0 Å². The van der Waals surface area contributed by atoms with Crippen LogP contribution in [0.15, 0.2) is 12.4 Å². The van der Waals surface area contributed by atoms with E-state index < -0.39 is 0 Å². The number of nitrogens with zero attached hydrogens (tertiary/aromatic N) is 2. The second-order valence-corrected chi connectivity index (χ2v) is 4.12. The lowest BCUT2D eigenvalue weighted by Crippen LogP contribution is -2.07. The van der Waals surface area contributed by atoms with E-state index in [-0.39, 0.29) is 6.10 Å². The topological polar surface area (TPSA) is 38.0 Å². The summed E-state index contributed by atoms with van der Waals surface area (Å²) >= 11 is 0. The Morgan fingerprint density at radius 3 is 2.71 bits per heavy atom. The molecule has 3 heteroatoms. The van der Waals surface area contributed by atoms with E-state index in [1.54, 1.807) is 0 Å². The molecule has 0 aliphatic rings. The number of aliphatic hydroxyl groups excluding tert-OH is 1. The third-order valence-corrected chi connectivity index (χ3v) is 2.28. The van der Waals surface area contributed by atoms with Crippen molar-refractivity contribution in [1.82, 2.24) is 9.55 Å². The van der Waals surface area contributed by atoms with E-state index >= 15 is 0 Å². The lowest BCUT2D eigenvalue weighted by atomic mass is 10.2. The van der Waals surface area contributed by atoms with Gasteiger partial charge in [-0.3, -0.25) is 0 Å². The largest absolute Gasteiger partial charge is 0.393 e. The molecule has 1 unspecified atom stereocenters. The van der Waals surface area contributed by atoms with E-state index in [0.717, 1.165) is 25.2 Å². The third-order valence-electron chi connectivity index (χ3n) is 2.28. The molecule has 1 rings (SSSR count). The first-order valence-corrected chi connectivity index (χ1v) is 5.30. The molecule has 1 heterocycles. The highest BCUT2D eigenvalue weighted by Gasteiger charge is 2.06. The van der Waals surface area contributed by atoms with Gasteiger partial charge in [0, 0.05) is 24.9 Å². The monoisotopic (exact) mass is 196 g/mol. The van der Waals surface area contributed by atoms with Crippen molar-refractivity contribution in [3.63, 3.8) is 0 Å². The van der Waals surface area contributed by atoms with Gasteiger partial charge in [-0.2, -0.15) is 0 Å². The lowest BCUT2D eigenvalue weighted by Gasteiger charge is -2.10. The Hall–Kier alpha value is -0.830. The van der Waals surface area contributed by atoms with Gasteiger partial charge in [0.05, 0.1) is 6.10 Å². The summed E-state index contributed by atoms with van der Waals surface area (Å²) in [7, 11) is 0. The Morgan fingerprint density at radius 2 is 2.14 bits per heavy atom. The zero-order valence-corrected chi connectivity index (χ0v) is 9.27. The van der Waals surface area contributed by atoms with Crippen LogP contribution in [0, 0.1) is 0 Å². The lowest BCUT2D eigenvalue weighted by molar-refractivity contribution is 0.179. The van der Waals surface area contributed by atoms with Crippen LogP contribution >= 0.6 is 0 Å². The summed E-state index contributed by atoms with van der Waals surface area (Å²) in [4.78, 5) is 4.31. The summed E-state index contributed by atoms with van der Waals surface area (Å²) in [6.07, 6.45) is 5.53. The Kier molecular flexibility index (Phi) is 4.14. The van der Waals surface area contributed by atoms with Crippen molar-refractivity contribution < 1.29 is 5.11 Å². The van der Waals surface area contributed by atoms with Crippen LogP contribution in [-0.4, -0.2) is 20.8 Å². The minimum absolute atomic E-state index is 0.193. The van der Waals surface area contributed by atoms with Crippen LogP contribution < -0.4 is 0 Å². The molecule has 0 aromatic carbocycles. The summed E-state index contributed by atoms with van der Waals surface area (Å²) in [5.41, 5.74) is 0. The van der Waals surface area contributed by atoms with Crippen LogP contribution in [-0.2, 0) is 6.54 Å². The number of rotatable bonds is 5. The predicted octanol–water partition coefficient (Wildman–Crippen LogP) is 2.17. The molecular formula is C11H20N2O. The van der Waals surface area contributed by atoms with Crippen LogP contribution in [0.2, 0.25) is 0 Å². The molecule has 0 amide bonds. The molecule has 1 atom stereocenters. The first-order chi connectivity index (χ1) is 6.61. The second-order valence-electron chi connectivity index (χ2n) is 4.12. The maximum atomic E-state index is 9.13. The summed E-state index contributed by atoms with van der Waals surface area (Å²) in [6.45, 7) is 7.08. The highest BCUT2D eigenvalue weighted by Crippen LogP contribution is 2.12. The van der Waals surface area contributed by atoms with Crippen molar-refractivity contribution in [2.75, 3.05) is 0 Å². The Labute approximate surface area is 85.8 Å². The van der Waals surface area contributed by atoms with Crippen LogP contribution in [0.4, 0.5) is 0 Å². The molecule has 0 bridgehead atoms. The fraction of sp³-hybridized carbons (Fsp3) is 0.727. The zero-order chi connectivity index (χ0) is 10.6. The molecule has 0 aliphatic carbocycles. The van der Waals surface area contributed by atoms with Gasteiger partial charge in [-0.1, -0.05) is 13.8 Å². The molecule has 1 N–H and O–H groups in total. The molecule has 0 aliphatic heterocycles. The van der Waals surface area contributed by atoms with E-state index in [0.29, 0.717) is 5.92 Å². The van der Waals surface area contributed by atoms with Crippen LogP contribution in [0.3, 0.4) is 0 Å². The highest BCUT2D eigenvalue weighted by molar-refractivity contribution is 4.97. The molecule has 0 spiro atoms. The van der Waals surface area contributed by atoms with E-state index in [1.165, 1.54) is 0 Å². The predicted molar refractivity (Wildman–Crippen MR) is 57.2 cm³/mol. The number of hydrogen-bond donors (Lipinski definition) is 1. The van der Waals surface area contributed by atoms with Gasteiger partial charge >= 0.3 is 0 Å². The fourth-order valence-corrected chi connectivity index (χ4v) is 1.57. The number of aryl methyl sites for hydroxylation is 1. The van der Waals surface area contributed by atoms with Gasteiger partial charge in [-0.25, -0.2) is 4.98 Å². The SMILES string of the molecule is CC(O)CCCn1ccnc1C(C)C. The molecule has 80 valence electrons. The van der Waals surface area contributed by atoms with Gasteiger partial charge in [0.2, 0.25) is 0 Å². The molecule has 0 radical (unpaired) electrons. The van der Waals surface area contributed by atoms with Crippen molar-refractivity contribution >= 4 is 0 Å². The number of aliphatic hydroxyl groups is 1. The van der Waals surface area contributed by atoms with Gasteiger partial charge in [0.15, 0.2) is 0 Å². The Morgan fingerprint density at radius 1 is 1.43 bits per heavy atom. The van der Waals surface area contributed by atoms with Gasteiger partial charge in [0.1, 0.15) is 5.82 Å². The first kappa shape index (κ1) is 11.2. The van der Waals surface area contributed by atoms with E-state index in [9.17, 15) is 0 Å². The quantitative estimate of drug-likeness (QED) is 0.783. The summed E-state index contributed by atoms with van der Waals surface area (Å²) < 4.78 is 2.17. The Bertz CT molecular complexity index is 266. The van der Waals surface area contributed by atoms with Gasteiger partial charge in [0.25, 0.3) is 0 Å². The van der Waals surface area contributed by atoms with E-state index in [4.69, 9.17) is 5.11 Å². The number of aromatic nitrogens is 2. The average molecular weight is 196 g/mol. The van der Waals surface area contributed by atoms with E-state index in [2.05, 4.69) is 23.4 Å². The van der Waals surface area contributed by atoms with Crippen LogP contribution in [0.5, 0.6) is 0 Å². The van der Waals surface area contributed by atoms with Gasteiger partial charge in [-0.05, 0) is 19.8 Å². The summed E-state index contributed by atoms with van der Waals surface area (Å²) in [5, 5.41) is 9.13. The molecule has 1 aromatic rings. The van der Waals surface area contributed by atoms with Gasteiger partial charge < -0.3 is 9.67 Å². The molecule has 0 saturated heterocycles. The maximum Gasteiger partial charge on any atom is 0.111 e. The minimum Gasteiger partial charge on any atom is -0.393 e. The average Bonchev–Trinajstić information content (AvgIpc) is 2.51. The van der Waals surface area contributed by atoms with Crippen molar-refractivity contribution in [2.45, 2.75) is 52.2 Å². The summed E-state index contributed by atoms with van der Waals surface area (Å²) in [6, 6.07) is 0. The zero-order valence-electron chi connectivity index (χ0n) is 9.27. The molecule has 3 nitrogen and oxygen atoms in total. The minimum atomic E-state index is -0.193. The molecule has 0 fully saturated rings. The van der Waals surface area contributed by atoms with Crippen molar-refractivity contribution in [1.29, 1.82) is 0 Å². The van der Waals surface area contributed by atoms with Crippen LogP contribution in [0.25, 0.3) is 0 Å². The fourth-order valence-electron chi connectivity index (χ4n) is 1.57. The van der Waals surface area contributed by atoms with E-state index in [1.807, 2.05) is 19.3 Å². The number of imidazole rings is 1. The van der Waals surface area contributed by atoms with Crippen molar-refractivity contribution in [3.8, 4) is 0 Å². The van der Waals surface area contributed by atoms with Crippen molar-refractivity contribution in [3.05, 3.63) is 18.2 Å². The highest BCUT2D eigenvalue weighted by atomic mass is 16.3. The normalized spacial score (nSPS) is 13.5. The molecule has 14 heavy (non-hydrogen) atoms. The molecular weight excluding hydrogens is 176 g/mol.